The summed E-state index contributed by atoms with van der Waals surface area (Å²) in [7, 11) is 0. The minimum Gasteiger partial charge on any atom is -0.388 e. The highest BCUT2D eigenvalue weighted by Crippen LogP contribution is 2.05. The van der Waals surface area contributed by atoms with Crippen LogP contribution in [-0.2, 0) is 4.74 Å². The summed E-state index contributed by atoms with van der Waals surface area (Å²) in [6, 6.07) is 1.96. The molecule has 1 saturated heterocycles. The third kappa shape index (κ3) is 4.38. The Hall–Kier alpha value is -1.31. The lowest BCUT2D eigenvalue weighted by Gasteiger charge is -2.29. The van der Waals surface area contributed by atoms with E-state index >= 15 is 0 Å². The largest absolute Gasteiger partial charge is 0.388 e. The van der Waals surface area contributed by atoms with Crippen molar-refractivity contribution in [2.75, 3.05) is 38.2 Å². The van der Waals surface area contributed by atoms with Gasteiger partial charge in [0.2, 0.25) is 5.95 Å². The minimum absolute atomic E-state index is 0.250. The Labute approximate surface area is 118 Å². The van der Waals surface area contributed by atoms with Crippen LogP contribution in [-0.4, -0.2) is 58.7 Å². The fourth-order valence-corrected chi connectivity index (χ4v) is 2.12. The van der Waals surface area contributed by atoms with Gasteiger partial charge >= 0.3 is 0 Å². The Bertz CT molecular complexity index is 436. The van der Waals surface area contributed by atoms with Crippen molar-refractivity contribution in [2.24, 2.45) is 5.73 Å². The highest BCUT2D eigenvalue weighted by Gasteiger charge is 2.14. The molecule has 1 aromatic rings. The summed E-state index contributed by atoms with van der Waals surface area (Å²) in [6.45, 7) is 6.59. The van der Waals surface area contributed by atoms with Crippen molar-refractivity contribution in [1.29, 1.82) is 0 Å². The standard InChI is InChI=1S/C12H19N5OS/c1-9(8-17-4-6-18-7-5-17)15-12-14-3-2-10(16-12)11(13)19/h2-3,9H,4-8H2,1H3,(H2,13,19)(H,14,15,16). The first-order chi connectivity index (χ1) is 9.15. The number of thiocarbonyl (C=S) groups is 1. The number of nitrogens with zero attached hydrogens (tertiary/aromatic N) is 3. The van der Waals surface area contributed by atoms with Crippen molar-refractivity contribution in [3.63, 3.8) is 0 Å². The summed E-state index contributed by atoms with van der Waals surface area (Å²) in [5.41, 5.74) is 6.14. The molecule has 0 aromatic carbocycles. The van der Waals surface area contributed by atoms with E-state index in [0.29, 0.717) is 11.6 Å². The van der Waals surface area contributed by atoms with Crippen LogP contribution in [0.5, 0.6) is 0 Å². The molecule has 1 aliphatic rings. The van der Waals surface area contributed by atoms with Crippen LogP contribution in [0.4, 0.5) is 5.95 Å². The van der Waals surface area contributed by atoms with E-state index in [1.807, 2.05) is 0 Å². The topological polar surface area (TPSA) is 76.3 Å². The maximum Gasteiger partial charge on any atom is 0.223 e. The van der Waals surface area contributed by atoms with Gasteiger partial charge in [0.05, 0.1) is 13.2 Å². The van der Waals surface area contributed by atoms with Crippen LogP contribution < -0.4 is 11.1 Å². The van der Waals surface area contributed by atoms with E-state index in [4.69, 9.17) is 22.7 Å². The second-order valence-electron chi connectivity index (χ2n) is 4.59. The Morgan fingerprint density at radius 1 is 1.58 bits per heavy atom. The van der Waals surface area contributed by atoms with E-state index in [2.05, 4.69) is 27.1 Å². The van der Waals surface area contributed by atoms with Crippen LogP contribution in [0.3, 0.4) is 0 Å². The van der Waals surface area contributed by atoms with Crippen LogP contribution in [0, 0.1) is 0 Å². The first-order valence-electron chi connectivity index (χ1n) is 6.34. The highest BCUT2D eigenvalue weighted by molar-refractivity contribution is 7.80. The second-order valence-corrected chi connectivity index (χ2v) is 5.03. The molecule has 1 aromatic heterocycles. The molecule has 2 heterocycles. The molecular formula is C12H19N5OS. The third-order valence-corrected chi connectivity index (χ3v) is 3.13. The normalized spacial score (nSPS) is 17.9. The van der Waals surface area contributed by atoms with Crippen LogP contribution in [0.2, 0.25) is 0 Å². The first kappa shape index (κ1) is 14.1. The number of morpholine rings is 1. The Kier molecular flexibility index (Phi) is 5.00. The number of anilines is 1. The van der Waals surface area contributed by atoms with Crippen molar-refractivity contribution in [2.45, 2.75) is 13.0 Å². The molecule has 19 heavy (non-hydrogen) atoms. The summed E-state index contributed by atoms with van der Waals surface area (Å²) in [6.07, 6.45) is 1.66. The molecule has 6 nitrogen and oxygen atoms in total. The second kappa shape index (κ2) is 6.74. The zero-order valence-corrected chi connectivity index (χ0v) is 11.8. The molecule has 1 fully saturated rings. The SMILES string of the molecule is CC(CN1CCOCC1)Nc1nccc(C(N)=S)n1. The fourth-order valence-electron chi connectivity index (χ4n) is 2.00. The average molecular weight is 281 g/mol. The predicted molar refractivity (Wildman–Crippen MR) is 78.3 cm³/mol. The summed E-state index contributed by atoms with van der Waals surface area (Å²) in [5.74, 6) is 0.561. The zero-order chi connectivity index (χ0) is 13.7. The zero-order valence-electron chi connectivity index (χ0n) is 11.0. The Morgan fingerprint density at radius 2 is 2.32 bits per heavy atom. The van der Waals surface area contributed by atoms with Gasteiger partial charge in [-0.1, -0.05) is 12.2 Å². The van der Waals surface area contributed by atoms with Gasteiger partial charge in [0.25, 0.3) is 0 Å². The first-order valence-corrected chi connectivity index (χ1v) is 6.75. The van der Waals surface area contributed by atoms with Gasteiger partial charge in [0.1, 0.15) is 10.7 Å². The number of ether oxygens (including phenoxy) is 1. The molecule has 1 unspecified atom stereocenters. The summed E-state index contributed by atoms with van der Waals surface area (Å²) >= 11 is 4.90. The van der Waals surface area contributed by atoms with E-state index in [1.165, 1.54) is 0 Å². The van der Waals surface area contributed by atoms with Crippen LogP contribution in [0.25, 0.3) is 0 Å². The predicted octanol–water partition coefficient (Wildman–Crippen LogP) is 0.243. The van der Waals surface area contributed by atoms with Crippen molar-refractivity contribution in [1.82, 2.24) is 14.9 Å². The lowest BCUT2D eigenvalue weighted by atomic mass is 10.3. The fraction of sp³-hybridized carbons (Fsp3) is 0.583. The number of hydrogen-bond acceptors (Lipinski definition) is 6. The molecule has 0 radical (unpaired) electrons. The smallest absolute Gasteiger partial charge is 0.223 e. The molecule has 7 heteroatoms. The Balaban J connectivity index is 1.88. The number of hydrogen-bond donors (Lipinski definition) is 2. The number of nitrogens with two attached hydrogens (primary N) is 1. The molecule has 104 valence electrons. The molecular weight excluding hydrogens is 262 g/mol. The van der Waals surface area contributed by atoms with Gasteiger partial charge in [0.15, 0.2) is 0 Å². The van der Waals surface area contributed by atoms with Crippen molar-refractivity contribution in [3.8, 4) is 0 Å². The van der Waals surface area contributed by atoms with Gasteiger partial charge < -0.3 is 15.8 Å². The van der Waals surface area contributed by atoms with Crippen molar-refractivity contribution in [3.05, 3.63) is 18.0 Å². The van der Waals surface area contributed by atoms with Crippen LogP contribution in [0.1, 0.15) is 12.6 Å². The van der Waals surface area contributed by atoms with Gasteiger partial charge in [-0.3, -0.25) is 4.90 Å². The molecule has 2 rings (SSSR count). The summed E-state index contributed by atoms with van der Waals surface area (Å²) < 4.78 is 5.33. The lowest BCUT2D eigenvalue weighted by molar-refractivity contribution is 0.0368. The third-order valence-electron chi connectivity index (χ3n) is 2.92. The maximum absolute atomic E-state index is 5.55. The molecule has 1 aliphatic heterocycles. The Morgan fingerprint density at radius 3 is 3.00 bits per heavy atom. The average Bonchev–Trinajstić information content (AvgIpc) is 2.40. The van der Waals surface area contributed by atoms with E-state index in [-0.39, 0.29) is 11.0 Å². The summed E-state index contributed by atoms with van der Waals surface area (Å²) in [5, 5.41) is 3.26. The summed E-state index contributed by atoms with van der Waals surface area (Å²) in [4.78, 5) is 11.1. The maximum atomic E-state index is 5.55. The van der Waals surface area contributed by atoms with Crippen molar-refractivity contribution < 1.29 is 4.74 Å². The van der Waals surface area contributed by atoms with Crippen LogP contribution >= 0.6 is 12.2 Å². The van der Waals surface area contributed by atoms with Gasteiger partial charge in [-0.05, 0) is 13.0 Å². The minimum atomic E-state index is 0.250. The van der Waals surface area contributed by atoms with Gasteiger partial charge in [-0.15, -0.1) is 0 Å². The lowest BCUT2D eigenvalue weighted by Crippen LogP contribution is -2.42. The quantitative estimate of drug-likeness (QED) is 0.749. The van der Waals surface area contributed by atoms with E-state index in [0.717, 1.165) is 32.8 Å². The monoisotopic (exact) mass is 281 g/mol. The van der Waals surface area contributed by atoms with E-state index in [9.17, 15) is 0 Å². The van der Waals surface area contributed by atoms with Gasteiger partial charge in [0, 0.05) is 31.9 Å². The number of nitrogens with one attached hydrogen (secondary N) is 1. The highest BCUT2D eigenvalue weighted by atomic mass is 32.1. The molecule has 0 spiro atoms. The number of aromatic nitrogens is 2. The molecule has 0 amide bonds. The molecule has 3 N–H and O–H groups in total. The molecule has 0 saturated carbocycles. The van der Waals surface area contributed by atoms with Gasteiger partial charge in [-0.25, -0.2) is 9.97 Å². The van der Waals surface area contributed by atoms with Crippen LogP contribution in [0.15, 0.2) is 12.3 Å². The molecule has 1 atom stereocenters. The molecule has 0 bridgehead atoms. The van der Waals surface area contributed by atoms with Crippen molar-refractivity contribution >= 4 is 23.2 Å². The number of rotatable bonds is 5. The molecule has 0 aliphatic carbocycles. The van der Waals surface area contributed by atoms with E-state index in [1.54, 1.807) is 12.3 Å². The van der Waals surface area contributed by atoms with E-state index < -0.39 is 0 Å². The van der Waals surface area contributed by atoms with Gasteiger partial charge in [-0.2, -0.15) is 0 Å².